The second kappa shape index (κ2) is 10.1. The largest absolute Gasteiger partial charge is 0.503 e. The number of hydrogen-bond donors (Lipinski definition) is 1. The van der Waals surface area contributed by atoms with Crippen LogP contribution in [0.15, 0.2) is 35.3 Å². The Balaban J connectivity index is 1.63. The third-order valence-corrected chi connectivity index (χ3v) is 6.67. The molecule has 1 saturated heterocycles. The van der Waals surface area contributed by atoms with Crippen LogP contribution < -0.4 is 5.56 Å². The quantitative estimate of drug-likeness (QED) is 0.509. The van der Waals surface area contributed by atoms with Gasteiger partial charge < -0.3 is 19.3 Å². The van der Waals surface area contributed by atoms with Crippen LogP contribution in [0.2, 0.25) is 0 Å². The van der Waals surface area contributed by atoms with E-state index in [9.17, 15) is 14.7 Å². The predicted octanol–water partition coefficient (Wildman–Crippen LogP) is 3.86. The third kappa shape index (κ3) is 6.58. The molecule has 0 saturated carbocycles. The standard InChI is InChI=1S/C22H27I2N3O4/c1-22(2,3)31-21(30)26-10-8-25(9-11-26)13-16-6-7-27(20(29)19(16)28)14-15-4-5-17(23)12-18(15)24/h4-7,12,28H,8-11,13-14H2,1-3H3. The number of nitrogens with zero attached hydrogens (tertiary/aromatic N) is 3. The van der Waals surface area contributed by atoms with Crippen molar-refractivity contribution in [1.29, 1.82) is 0 Å². The van der Waals surface area contributed by atoms with Crippen molar-refractivity contribution >= 4 is 51.3 Å². The number of aromatic nitrogens is 1. The molecule has 1 aromatic carbocycles. The molecule has 31 heavy (non-hydrogen) atoms. The van der Waals surface area contributed by atoms with Crippen LogP contribution in [0.5, 0.6) is 5.75 Å². The van der Waals surface area contributed by atoms with Crippen LogP contribution in [0.3, 0.4) is 0 Å². The van der Waals surface area contributed by atoms with Gasteiger partial charge in [0, 0.05) is 51.6 Å². The minimum atomic E-state index is -0.514. The van der Waals surface area contributed by atoms with Gasteiger partial charge in [-0.1, -0.05) is 6.07 Å². The van der Waals surface area contributed by atoms with Crippen molar-refractivity contribution in [2.75, 3.05) is 26.2 Å². The number of carbonyl (C=O) groups excluding carboxylic acids is 1. The Morgan fingerprint density at radius 1 is 1.06 bits per heavy atom. The molecule has 9 heteroatoms. The fourth-order valence-corrected chi connectivity index (χ4v) is 5.11. The van der Waals surface area contributed by atoms with Gasteiger partial charge >= 0.3 is 6.09 Å². The number of hydrogen-bond acceptors (Lipinski definition) is 5. The first-order valence-corrected chi connectivity index (χ1v) is 12.2. The average Bonchev–Trinajstić information content (AvgIpc) is 2.68. The number of aromatic hydroxyl groups is 1. The molecule has 0 atom stereocenters. The van der Waals surface area contributed by atoms with E-state index in [1.165, 1.54) is 4.57 Å². The summed E-state index contributed by atoms with van der Waals surface area (Å²) >= 11 is 4.52. The second-order valence-electron chi connectivity index (χ2n) is 8.60. The topological polar surface area (TPSA) is 75.0 Å². The van der Waals surface area contributed by atoms with Gasteiger partial charge in [-0.3, -0.25) is 9.69 Å². The molecular weight excluding hydrogens is 624 g/mol. The van der Waals surface area contributed by atoms with Gasteiger partial charge in [0.2, 0.25) is 0 Å². The first-order chi connectivity index (χ1) is 14.5. The lowest BCUT2D eigenvalue weighted by molar-refractivity contribution is 0.0138. The van der Waals surface area contributed by atoms with Crippen LogP contribution in [0, 0.1) is 7.14 Å². The van der Waals surface area contributed by atoms with Gasteiger partial charge in [0.25, 0.3) is 5.56 Å². The monoisotopic (exact) mass is 651 g/mol. The molecule has 0 aliphatic carbocycles. The molecule has 1 aliphatic heterocycles. The van der Waals surface area contributed by atoms with Crippen molar-refractivity contribution in [3.05, 3.63) is 59.1 Å². The van der Waals surface area contributed by atoms with E-state index in [2.05, 4.69) is 56.1 Å². The summed E-state index contributed by atoms with van der Waals surface area (Å²) in [6.45, 7) is 8.85. The van der Waals surface area contributed by atoms with E-state index in [1.807, 2.05) is 32.9 Å². The van der Waals surface area contributed by atoms with Crippen LogP contribution in [0.4, 0.5) is 4.79 Å². The summed E-state index contributed by atoms with van der Waals surface area (Å²) in [5, 5.41) is 10.5. The molecule has 1 fully saturated rings. The van der Waals surface area contributed by atoms with Gasteiger partial charge in [-0.05, 0) is 89.7 Å². The van der Waals surface area contributed by atoms with Crippen molar-refractivity contribution in [2.45, 2.75) is 39.5 Å². The molecule has 2 aromatic rings. The lowest BCUT2D eigenvalue weighted by atomic mass is 10.2. The van der Waals surface area contributed by atoms with E-state index in [1.54, 1.807) is 17.2 Å². The predicted molar refractivity (Wildman–Crippen MR) is 136 cm³/mol. The van der Waals surface area contributed by atoms with E-state index in [-0.39, 0.29) is 17.4 Å². The summed E-state index contributed by atoms with van der Waals surface area (Å²) in [6.07, 6.45) is 1.44. The van der Waals surface area contributed by atoms with Gasteiger partial charge in [0.1, 0.15) is 5.60 Å². The summed E-state index contributed by atoms with van der Waals surface area (Å²) in [4.78, 5) is 28.7. The molecule has 2 heterocycles. The Bertz CT molecular complexity index is 1010. The highest BCUT2D eigenvalue weighted by Gasteiger charge is 2.26. The average molecular weight is 651 g/mol. The lowest BCUT2D eigenvalue weighted by Gasteiger charge is -2.35. The Morgan fingerprint density at radius 3 is 2.35 bits per heavy atom. The van der Waals surface area contributed by atoms with Crippen molar-refractivity contribution in [2.24, 2.45) is 0 Å². The second-order valence-corrected chi connectivity index (χ2v) is 11.0. The van der Waals surface area contributed by atoms with Gasteiger partial charge in [-0.2, -0.15) is 0 Å². The molecular formula is C22H27I2N3O4. The maximum absolute atomic E-state index is 12.7. The van der Waals surface area contributed by atoms with Crippen molar-refractivity contribution in [1.82, 2.24) is 14.4 Å². The van der Waals surface area contributed by atoms with Gasteiger partial charge in [-0.25, -0.2) is 4.79 Å². The van der Waals surface area contributed by atoms with Gasteiger partial charge in [-0.15, -0.1) is 0 Å². The Morgan fingerprint density at radius 2 is 1.74 bits per heavy atom. The molecule has 3 rings (SSSR count). The Labute approximate surface area is 209 Å². The first-order valence-electron chi connectivity index (χ1n) is 10.1. The summed E-state index contributed by atoms with van der Waals surface area (Å²) in [5.41, 5.74) is 0.734. The normalized spacial score (nSPS) is 15.2. The van der Waals surface area contributed by atoms with Crippen LogP contribution in [0.25, 0.3) is 0 Å². The van der Waals surface area contributed by atoms with Crippen molar-refractivity contribution in [3.63, 3.8) is 0 Å². The zero-order valence-corrected chi connectivity index (χ0v) is 22.2. The molecule has 0 unspecified atom stereocenters. The van der Waals surface area contributed by atoms with E-state index in [0.29, 0.717) is 44.8 Å². The third-order valence-electron chi connectivity index (χ3n) is 5.00. The first kappa shape index (κ1) is 24.3. The maximum atomic E-state index is 12.7. The molecule has 0 spiro atoms. The minimum absolute atomic E-state index is 0.211. The molecule has 1 aromatic heterocycles. The van der Waals surface area contributed by atoms with E-state index >= 15 is 0 Å². The molecule has 7 nitrogen and oxygen atoms in total. The van der Waals surface area contributed by atoms with Crippen LogP contribution in [-0.4, -0.2) is 57.3 Å². The summed E-state index contributed by atoms with van der Waals surface area (Å²) in [7, 11) is 0. The number of ether oxygens (including phenoxy) is 1. The molecule has 1 aliphatic rings. The fourth-order valence-electron chi connectivity index (χ4n) is 3.34. The van der Waals surface area contributed by atoms with E-state index < -0.39 is 5.60 Å². The van der Waals surface area contributed by atoms with E-state index in [4.69, 9.17) is 4.74 Å². The lowest BCUT2D eigenvalue weighted by Crippen LogP contribution is -2.49. The highest BCUT2D eigenvalue weighted by molar-refractivity contribution is 14.1. The summed E-state index contributed by atoms with van der Waals surface area (Å²) in [6, 6.07) is 7.88. The summed E-state index contributed by atoms with van der Waals surface area (Å²) < 4.78 is 9.18. The highest BCUT2D eigenvalue weighted by atomic mass is 127. The number of carbonyl (C=O) groups is 1. The zero-order valence-electron chi connectivity index (χ0n) is 17.9. The van der Waals surface area contributed by atoms with Crippen LogP contribution in [0.1, 0.15) is 31.9 Å². The van der Waals surface area contributed by atoms with Gasteiger partial charge in [0.05, 0.1) is 6.54 Å². The highest BCUT2D eigenvalue weighted by Crippen LogP contribution is 2.19. The Kier molecular flexibility index (Phi) is 7.90. The molecule has 1 amide bonds. The molecule has 1 N–H and O–H groups in total. The molecule has 0 bridgehead atoms. The van der Waals surface area contributed by atoms with Gasteiger partial charge in [0.15, 0.2) is 5.75 Å². The van der Waals surface area contributed by atoms with Crippen LogP contribution in [-0.2, 0) is 17.8 Å². The van der Waals surface area contributed by atoms with Crippen molar-refractivity contribution < 1.29 is 14.6 Å². The number of amides is 1. The smallest absolute Gasteiger partial charge is 0.410 e. The SMILES string of the molecule is CC(C)(C)OC(=O)N1CCN(Cc2ccn(Cc3ccc(I)cc3I)c(=O)c2O)CC1. The van der Waals surface area contributed by atoms with Crippen LogP contribution >= 0.6 is 45.2 Å². The number of piperazine rings is 1. The number of pyridine rings is 1. The summed E-state index contributed by atoms with van der Waals surface area (Å²) in [5.74, 6) is -0.211. The zero-order chi connectivity index (χ0) is 22.8. The van der Waals surface area contributed by atoms with Crippen molar-refractivity contribution in [3.8, 4) is 5.75 Å². The minimum Gasteiger partial charge on any atom is -0.503 e. The fraction of sp³-hybridized carbons (Fsp3) is 0.455. The number of rotatable bonds is 4. The molecule has 0 radical (unpaired) electrons. The Hall–Kier alpha value is -1.34. The number of benzene rings is 1. The molecule has 168 valence electrons. The maximum Gasteiger partial charge on any atom is 0.410 e. The number of halogens is 2. The van der Waals surface area contributed by atoms with E-state index in [0.717, 1.165) is 12.7 Å².